The van der Waals surface area contributed by atoms with E-state index in [-0.39, 0.29) is 0 Å². The number of halogens is 2. The molecule has 1 heterocycles. The minimum absolute atomic E-state index is 0.528. The highest BCUT2D eigenvalue weighted by Crippen LogP contribution is 2.34. The molecule has 0 fully saturated rings. The lowest BCUT2D eigenvalue weighted by atomic mass is 10.2. The summed E-state index contributed by atoms with van der Waals surface area (Å²) in [6.07, 6.45) is 1.78. The fourth-order valence-corrected chi connectivity index (χ4v) is 3.31. The summed E-state index contributed by atoms with van der Waals surface area (Å²) in [5.41, 5.74) is 6.85. The largest absolute Gasteiger partial charge is 0.326 e. The first-order chi connectivity index (χ1) is 8.20. The van der Waals surface area contributed by atoms with Crippen molar-refractivity contribution < 1.29 is 0 Å². The lowest BCUT2D eigenvalue weighted by molar-refractivity contribution is 1.02. The molecule has 1 aromatic carbocycles. The van der Waals surface area contributed by atoms with Crippen molar-refractivity contribution in [2.45, 2.75) is 16.5 Å². The Morgan fingerprint density at radius 3 is 2.76 bits per heavy atom. The lowest BCUT2D eigenvalue weighted by Crippen LogP contribution is -1.98. The maximum absolute atomic E-state index is 5.73. The molecule has 0 saturated carbocycles. The number of aromatic nitrogens is 1. The Morgan fingerprint density at radius 1 is 1.24 bits per heavy atom. The van der Waals surface area contributed by atoms with Gasteiger partial charge in [-0.15, -0.1) is 0 Å². The molecule has 2 rings (SSSR count). The second-order valence-electron chi connectivity index (χ2n) is 3.35. The first kappa shape index (κ1) is 13.1. The van der Waals surface area contributed by atoms with Crippen LogP contribution in [-0.4, -0.2) is 4.98 Å². The molecule has 5 heteroatoms. The smallest absolute Gasteiger partial charge is 0.115 e. The van der Waals surface area contributed by atoms with Gasteiger partial charge in [0.15, 0.2) is 0 Å². The Kier molecular flexibility index (Phi) is 4.62. The third kappa shape index (κ3) is 3.31. The molecule has 0 unspecified atom stereocenters. The minimum atomic E-state index is 0.528. The van der Waals surface area contributed by atoms with Crippen molar-refractivity contribution in [3.05, 3.63) is 51.0 Å². The Balaban J connectivity index is 2.35. The van der Waals surface area contributed by atoms with Crippen LogP contribution in [0.4, 0.5) is 0 Å². The van der Waals surface area contributed by atoms with Gasteiger partial charge < -0.3 is 5.73 Å². The zero-order valence-corrected chi connectivity index (χ0v) is 12.8. The first-order valence-corrected chi connectivity index (χ1v) is 7.38. The van der Waals surface area contributed by atoms with E-state index < -0.39 is 0 Å². The summed E-state index contributed by atoms with van der Waals surface area (Å²) < 4.78 is 2.04. The molecule has 2 nitrogen and oxygen atoms in total. The van der Waals surface area contributed by atoms with Crippen molar-refractivity contribution in [3.63, 3.8) is 0 Å². The monoisotopic (exact) mass is 372 g/mol. The van der Waals surface area contributed by atoms with Crippen LogP contribution < -0.4 is 5.73 Å². The maximum Gasteiger partial charge on any atom is 0.115 e. The number of hydrogen-bond donors (Lipinski definition) is 1. The first-order valence-electron chi connectivity index (χ1n) is 4.97. The number of nitrogens with two attached hydrogens (primary N) is 1. The lowest BCUT2D eigenvalue weighted by Gasteiger charge is -2.08. The van der Waals surface area contributed by atoms with E-state index in [4.69, 9.17) is 5.73 Å². The molecular weight excluding hydrogens is 364 g/mol. The number of hydrogen-bond acceptors (Lipinski definition) is 3. The van der Waals surface area contributed by atoms with Gasteiger partial charge in [-0.25, -0.2) is 4.98 Å². The van der Waals surface area contributed by atoms with E-state index in [9.17, 15) is 0 Å². The minimum Gasteiger partial charge on any atom is -0.326 e. The normalized spacial score (nSPS) is 10.5. The van der Waals surface area contributed by atoms with Gasteiger partial charge in [0.05, 0.1) is 4.47 Å². The van der Waals surface area contributed by atoms with E-state index in [0.29, 0.717) is 6.54 Å². The predicted octanol–water partition coefficient (Wildman–Crippen LogP) is 4.22. The molecule has 0 saturated heterocycles. The summed E-state index contributed by atoms with van der Waals surface area (Å²) in [4.78, 5) is 5.46. The van der Waals surface area contributed by atoms with E-state index in [1.54, 1.807) is 18.0 Å². The van der Waals surface area contributed by atoms with Crippen LogP contribution in [0.5, 0.6) is 0 Å². The van der Waals surface area contributed by atoms with Crippen molar-refractivity contribution in [1.82, 2.24) is 4.98 Å². The van der Waals surface area contributed by atoms with E-state index in [0.717, 1.165) is 24.4 Å². The van der Waals surface area contributed by atoms with Crippen molar-refractivity contribution in [2.24, 2.45) is 5.73 Å². The third-order valence-corrected chi connectivity index (χ3v) is 4.69. The molecule has 0 aliphatic heterocycles. The van der Waals surface area contributed by atoms with Crippen LogP contribution in [0.25, 0.3) is 0 Å². The average Bonchev–Trinajstić information content (AvgIpc) is 2.32. The molecule has 2 aromatic rings. The molecule has 17 heavy (non-hydrogen) atoms. The summed E-state index contributed by atoms with van der Waals surface area (Å²) in [6, 6.07) is 9.98. The van der Waals surface area contributed by atoms with Crippen molar-refractivity contribution in [1.29, 1.82) is 0 Å². The molecule has 0 bridgehead atoms. The number of nitrogens with zero attached hydrogens (tertiary/aromatic N) is 1. The molecular formula is C12H10Br2N2S. The van der Waals surface area contributed by atoms with Gasteiger partial charge in [0, 0.05) is 22.1 Å². The SMILES string of the molecule is NCc1ccc(Br)cc1Sc1ncccc1Br. The highest BCUT2D eigenvalue weighted by molar-refractivity contribution is 9.10. The zero-order chi connectivity index (χ0) is 12.3. The van der Waals surface area contributed by atoms with E-state index in [1.165, 1.54) is 0 Å². The highest BCUT2D eigenvalue weighted by Gasteiger charge is 2.07. The van der Waals surface area contributed by atoms with Gasteiger partial charge >= 0.3 is 0 Å². The fraction of sp³-hybridized carbons (Fsp3) is 0.0833. The summed E-state index contributed by atoms with van der Waals surface area (Å²) in [7, 11) is 0. The number of benzene rings is 1. The second-order valence-corrected chi connectivity index (χ2v) is 6.15. The van der Waals surface area contributed by atoms with Gasteiger partial charge in [-0.1, -0.05) is 33.8 Å². The topological polar surface area (TPSA) is 38.9 Å². The van der Waals surface area contributed by atoms with Crippen LogP contribution >= 0.6 is 43.6 Å². The molecule has 88 valence electrons. The molecule has 0 radical (unpaired) electrons. The molecule has 0 atom stereocenters. The molecule has 0 amide bonds. The van der Waals surface area contributed by atoms with Gasteiger partial charge in [0.1, 0.15) is 5.03 Å². The van der Waals surface area contributed by atoms with Gasteiger partial charge in [-0.05, 0) is 45.8 Å². The Hall–Kier alpha value is -0.360. The quantitative estimate of drug-likeness (QED) is 0.875. The Morgan fingerprint density at radius 2 is 2.06 bits per heavy atom. The summed E-state index contributed by atoms with van der Waals surface area (Å²) in [5, 5.41) is 0.945. The molecule has 0 spiro atoms. The van der Waals surface area contributed by atoms with Crippen LogP contribution in [0.15, 0.2) is 55.4 Å². The predicted molar refractivity (Wildman–Crippen MR) is 78.1 cm³/mol. The van der Waals surface area contributed by atoms with Crippen LogP contribution in [0.2, 0.25) is 0 Å². The van der Waals surface area contributed by atoms with Crippen LogP contribution in [-0.2, 0) is 6.54 Å². The third-order valence-electron chi connectivity index (χ3n) is 2.18. The molecule has 0 aliphatic rings. The number of rotatable bonds is 3. The Bertz CT molecular complexity index is 532. The van der Waals surface area contributed by atoms with Crippen LogP contribution in [0.3, 0.4) is 0 Å². The maximum atomic E-state index is 5.73. The average molecular weight is 374 g/mol. The van der Waals surface area contributed by atoms with Crippen molar-refractivity contribution >= 4 is 43.6 Å². The molecule has 2 N–H and O–H groups in total. The van der Waals surface area contributed by atoms with Gasteiger partial charge in [-0.2, -0.15) is 0 Å². The van der Waals surface area contributed by atoms with Crippen molar-refractivity contribution in [2.75, 3.05) is 0 Å². The van der Waals surface area contributed by atoms with Gasteiger partial charge in [0.25, 0.3) is 0 Å². The highest BCUT2D eigenvalue weighted by atomic mass is 79.9. The van der Waals surface area contributed by atoms with E-state index >= 15 is 0 Å². The number of pyridine rings is 1. The van der Waals surface area contributed by atoms with E-state index in [1.807, 2.05) is 24.3 Å². The Labute approximate surface area is 121 Å². The summed E-state index contributed by atoms with van der Waals surface area (Å²) in [5.74, 6) is 0. The second kappa shape index (κ2) is 6.00. The van der Waals surface area contributed by atoms with Crippen molar-refractivity contribution in [3.8, 4) is 0 Å². The molecule has 0 aliphatic carbocycles. The summed E-state index contributed by atoms with van der Waals surface area (Å²) in [6.45, 7) is 0.528. The van der Waals surface area contributed by atoms with Gasteiger partial charge in [-0.3, -0.25) is 0 Å². The fourth-order valence-electron chi connectivity index (χ4n) is 1.34. The van der Waals surface area contributed by atoms with Crippen LogP contribution in [0.1, 0.15) is 5.56 Å². The molecule has 1 aromatic heterocycles. The zero-order valence-electron chi connectivity index (χ0n) is 8.86. The standard InChI is InChI=1S/C12H10Br2N2S/c13-9-4-3-8(7-15)11(6-9)17-12-10(14)2-1-5-16-12/h1-6H,7,15H2. The summed E-state index contributed by atoms with van der Waals surface area (Å²) >= 11 is 8.58. The van der Waals surface area contributed by atoms with E-state index in [2.05, 4.69) is 42.9 Å². The van der Waals surface area contributed by atoms with Gasteiger partial charge in [0.2, 0.25) is 0 Å². The van der Waals surface area contributed by atoms with Crippen LogP contribution in [0, 0.1) is 0 Å².